The fourth-order valence-corrected chi connectivity index (χ4v) is 2.70. The van der Waals surface area contributed by atoms with Crippen LogP contribution in [0, 0.1) is 5.92 Å². The highest BCUT2D eigenvalue weighted by atomic mass is 16.3. The molecule has 0 spiro atoms. The fourth-order valence-electron chi connectivity index (χ4n) is 2.70. The molecule has 0 radical (unpaired) electrons. The van der Waals surface area contributed by atoms with Crippen LogP contribution in [0.4, 0.5) is 0 Å². The number of piperidine rings is 1. The molecule has 0 saturated carbocycles. The molecule has 2 unspecified atom stereocenters. The zero-order valence-corrected chi connectivity index (χ0v) is 12.4. The van der Waals surface area contributed by atoms with Crippen LogP contribution in [0.2, 0.25) is 0 Å². The van der Waals surface area contributed by atoms with E-state index >= 15 is 0 Å². The number of rotatable bonds is 4. The number of hydrogen-bond acceptors (Lipinski definition) is 3. The van der Waals surface area contributed by atoms with Gasteiger partial charge < -0.3 is 10.0 Å². The minimum Gasteiger partial charge on any atom is -0.392 e. The first kappa shape index (κ1) is 15.4. The van der Waals surface area contributed by atoms with Gasteiger partial charge in [0, 0.05) is 18.6 Å². The zero-order chi connectivity index (χ0) is 13.9. The van der Waals surface area contributed by atoms with Gasteiger partial charge in [0.2, 0.25) is 5.91 Å². The highest BCUT2D eigenvalue weighted by Gasteiger charge is 2.28. The number of aliphatic hydroxyl groups excluding tert-OH is 1. The van der Waals surface area contributed by atoms with Crippen LogP contribution in [-0.2, 0) is 4.79 Å². The molecule has 18 heavy (non-hydrogen) atoms. The van der Waals surface area contributed by atoms with E-state index in [1.54, 1.807) is 0 Å². The molecule has 1 rings (SSSR count). The average molecular weight is 256 g/mol. The Kier molecular flexibility index (Phi) is 5.60. The molecule has 2 atom stereocenters. The minimum absolute atomic E-state index is 0.168. The highest BCUT2D eigenvalue weighted by Crippen LogP contribution is 2.17. The van der Waals surface area contributed by atoms with Crippen LogP contribution in [0.25, 0.3) is 0 Å². The maximum Gasteiger partial charge on any atom is 0.237 e. The summed E-state index contributed by atoms with van der Waals surface area (Å²) in [6, 6.07) is 0.456. The quantitative estimate of drug-likeness (QED) is 0.825. The molecule has 0 aromatic rings. The second-order valence-electron chi connectivity index (χ2n) is 6.06. The molecule has 1 heterocycles. The third-order valence-corrected chi connectivity index (χ3v) is 3.76. The molecule has 4 heteroatoms. The number of β-amino-alcohol motifs (C(OH)–C–C–N with tert-alkyl or cyclic N) is 1. The Bertz CT molecular complexity index is 271. The lowest BCUT2D eigenvalue weighted by Crippen LogP contribution is -2.50. The van der Waals surface area contributed by atoms with Crippen molar-refractivity contribution in [3.63, 3.8) is 0 Å². The van der Waals surface area contributed by atoms with E-state index < -0.39 is 0 Å². The molecule has 0 bridgehead atoms. The van der Waals surface area contributed by atoms with Crippen LogP contribution >= 0.6 is 0 Å². The van der Waals surface area contributed by atoms with Gasteiger partial charge in [0.1, 0.15) is 0 Å². The Hall–Kier alpha value is -0.610. The average Bonchev–Trinajstić information content (AvgIpc) is 2.22. The van der Waals surface area contributed by atoms with E-state index in [0.717, 1.165) is 13.0 Å². The number of likely N-dealkylation sites (tertiary alicyclic amines) is 1. The summed E-state index contributed by atoms with van der Waals surface area (Å²) in [6.45, 7) is 12.2. The van der Waals surface area contributed by atoms with Gasteiger partial charge in [-0.2, -0.15) is 0 Å². The van der Waals surface area contributed by atoms with Gasteiger partial charge in [0.05, 0.1) is 12.6 Å². The Morgan fingerprint density at radius 2 is 1.89 bits per heavy atom. The first-order chi connectivity index (χ1) is 8.32. The second-order valence-corrected chi connectivity index (χ2v) is 6.06. The van der Waals surface area contributed by atoms with Crippen molar-refractivity contribution in [1.82, 2.24) is 9.80 Å². The van der Waals surface area contributed by atoms with E-state index in [2.05, 4.69) is 11.8 Å². The summed E-state index contributed by atoms with van der Waals surface area (Å²) >= 11 is 0. The summed E-state index contributed by atoms with van der Waals surface area (Å²) in [5, 5.41) is 9.85. The summed E-state index contributed by atoms with van der Waals surface area (Å²) in [6.07, 6.45) is 0.677. The van der Waals surface area contributed by atoms with E-state index in [-0.39, 0.29) is 24.1 Å². The molecule has 1 fully saturated rings. The largest absolute Gasteiger partial charge is 0.392 e. The Morgan fingerprint density at radius 3 is 2.33 bits per heavy atom. The van der Waals surface area contributed by atoms with E-state index in [0.29, 0.717) is 19.0 Å². The predicted octanol–water partition coefficient (Wildman–Crippen LogP) is 1.33. The number of amides is 1. The molecule has 1 aliphatic rings. The van der Waals surface area contributed by atoms with Gasteiger partial charge in [0.25, 0.3) is 0 Å². The predicted molar refractivity (Wildman–Crippen MR) is 73.3 cm³/mol. The minimum atomic E-state index is -0.293. The SMILES string of the molecule is CC1CCN(CC(=O)N(C(C)C)C(C)C)CC1O. The number of nitrogens with zero attached hydrogens (tertiary/aromatic N) is 2. The first-order valence-electron chi connectivity index (χ1n) is 7.04. The Labute approximate surface area is 111 Å². The van der Waals surface area contributed by atoms with Gasteiger partial charge in [-0.25, -0.2) is 0 Å². The molecule has 0 aliphatic carbocycles. The third kappa shape index (κ3) is 3.95. The van der Waals surface area contributed by atoms with E-state index in [9.17, 15) is 9.90 Å². The summed E-state index contributed by atoms with van der Waals surface area (Å²) in [5.41, 5.74) is 0. The number of aliphatic hydroxyl groups is 1. The van der Waals surface area contributed by atoms with Crippen molar-refractivity contribution >= 4 is 5.91 Å². The van der Waals surface area contributed by atoms with Crippen molar-refractivity contribution in [2.24, 2.45) is 5.92 Å². The Balaban J connectivity index is 2.53. The van der Waals surface area contributed by atoms with Crippen LogP contribution in [0.1, 0.15) is 41.0 Å². The highest BCUT2D eigenvalue weighted by molar-refractivity contribution is 5.78. The normalized spacial score (nSPS) is 25.8. The summed E-state index contributed by atoms with van der Waals surface area (Å²) < 4.78 is 0. The number of carbonyl (C=O) groups excluding carboxylic acids is 1. The molecule has 106 valence electrons. The van der Waals surface area contributed by atoms with Crippen molar-refractivity contribution in [1.29, 1.82) is 0 Å². The third-order valence-electron chi connectivity index (χ3n) is 3.76. The summed E-state index contributed by atoms with van der Waals surface area (Å²) in [7, 11) is 0. The van der Waals surface area contributed by atoms with E-state index in [4.69, 9.17) is 0 Å². The molecule has 1 amide bonds. The maximum atomic E-state index is 12.3. The van der Waals surface area contributed by atoms with Crippen LogP contribution in [0.3, 0.4) is 0 Å². The molecule has 1 saturated heterocycles. The molecular formula is C14H28N2O2. The first-order valence-corrected chi connectivity index (χ1v) is 7.04. The van der Waals surface area contributed by atoms with E-state index in [1.165, 1.54) is 0 Å². The van der Waals surface area contributed by atoms with Gasteiger partial charge in [0.15, 0.2) is 0 Å². The van der Waals surface area contributed by atoms with Crippen LogP contribution < -0.4 is 0 Å². The smallest absolute Gasteiger partial charge is 0.237 e. The van der Waals surface area contributed by atoms with Gasteiger partial charge in [-0.3, -0.25) is 9.69 Å². The monoisotopic (exact) mass is 256 g/mol. The van der Waals surface area contributed by atoms with Crippen molar-refractivity contribution in [3.8, 4) is 0 Å². The lowest BCUT2D eigenvalue weighted by Gasteiger charge is -2.37. The molecular weight excluding hydrogens is 228 g/mol. The van der Waals surface area contributed by atoms with Crippen molar-refractivity contribution < 1.29 is 9.90 Å². The van der Waals surface area contributed by atoms with Crippen LogP contribution in [0.5, 0.6) is 0 Å². The zero-order valence-electron chi connectivity index (χ0n) is 12.4. The van der Waals surface area contributed by atoms with Gasteiger partial charge in [-0.05, 0) is 46.6 Å². The van der Waals surface area contributed by atoms with Gasteiger partial charge in [-0.1, -0.05) is 6.92 Å². The summed E-state index contributed by atoms with van der Waals surface area (Å²) in [4.78, 5) is 16.3. The summed E-state index contributed by atoms with van der Waals surface area (Å²) in [5.74, 6) is 0.518. The second kappa shape index (κ2) is 6.53. The molecule has 4 nitrogen and oxygen atoms in total. The standard InChI is InChI=1S/C14H28N2O2/c1-10(2)16(11(3)4)14(18)9-15-7-6-12(5)13(17)8-15/h10-13,17H,6-9H2,1-5H3. The van der Waals surface area contributed by atoms with Crippen LogP contribution in [0.15, 0.2) is 0 Å². The molecule has 1 aliphatic heterocycles. The lowest BCUT2D eigenvalue weighted by atomic mass is 9.96. The van der Waals surface area contributed by atoms with Crippen LogP contribution in [-0.4, -0.2) is 58.6 Å². The maximum absolute atomic E-state index is 12.3. The van der Waals surface area contributed by atoms with E-state index in [1.807, 2.05) is 32.6 Å². The number of hydrogen-bond donors (Lipinski definition) is 1. The van der Waals surface area contributed by atoms with Gasteiger partial charge in [-0.15, -0.1) is 0 Å². The van der Waals surface area contributed by atoms with Crippen molar-refractivity contribution in [2.45, 2.75) is 59.2 Å². The molecule has 1 N–H and O–H groups in total. The topological polar surface area (TPSA) is 43.8 Å². The fraction of sp³-hybridized carbons (Fsp3) is 0.929. The lowest BCUT2D eigenvalue weighted by molar-refractivity contribution is -0.137. The van der Waals surface area contributed by atoms with Crippen molar-refractivity contribution in [3.05, 3.63) is 0 Å². The molecule has 0 aromatic heterocycles. The Morgan fingerprint density at radius 1 is 1.33 bits per heavy atom. The molecule has 0 aromatic carbocycles. The van der Waals surface area contributed by atoms with Gasteiger partial charge >= 0.3 is 0 Å². The van der Waals surface area contributed by atoms with Crippen molar-refractivity contribution in [2.75, 3.05) is 19.6 Å². The number of carbonyl (C=O) groups is 1.